The Bertz CT molecular complexity index is 598. The second kappa shape index (κ2) is 9.22. The molecule has 2 amide bonds. The van der Waals surface area contributed by atoms with Gasteiger partial charge in [-0.1, -0.05) is 12.1 Å². The Morgan fingerprint density at radius 3 is 2.96 bits per heavy atom. The van der Waals surface area contributed by atoms with E-state index in [1.54, 1.807) is 12.1 Å². The highest BCUT2D eigenvalue weighted by Crippen LogP contribution is 2.33. The van der Waals surface area contributed by atoms with Gasteiger partial charge in [0.15, 0.2) is 0 Å². The Labute approximate surface area is 145 Å². The molecule has 0 aromatic heterocycles. The molecule has 0 spiro atoms. The van der Waals surface area contributed by atoms with Crippen LogP contribution in [0.3, 0.4) is 0 Å². The number of alkyl carbamates (subject to hydrolysis) is 1. The van der Waals surface area contributed by atoms with Gasteiger partial charge in [0.05, 0.1) is 19.8 Å². The van der Waals surface area contributed by atoms with Crippen LogP contribution in [0.25, 0.3) is 0 Å². The summed E-state index contributed by atoms with van der Waals surface area (Å²) in [5.74, 6) is -0.450. The maximum atomic E-state index is 13.6. The summed E-state index contributed by atoms with van der Waals surface area (Å²) in [4.78, 5) is 23.7. The first-order valence-electron chi connectivity index (χ1n) is 8.18. The highest BCUT2D eigenvalue weighted by molar-refractivity contribution is 5.66. The molecule has 1 aromatic carbocycles. The van der Waals surface area contributed by atoms with Crippen LogP contribution < -0.4 is 5.32 Å². The first-order chi connectivity index (χ1) is 12.0. The van der Waals surface area contributed by atoms with E-state index in [0.29, 0.717) is 18.7 Å². The molecule has 8 heteroatoms. The second-order valence-corrected chi connectivity index (χ2v) is 5.90. The number of carboxylic acid groups (broad SMARTS) is 1. The van der Waals surface area contributed by atoms with Crippen LogP contribution in [-0.2, 0) is 9.47 Å². The van der Waals surface area contributed by atoms with Crippen molar-refractivity contribution in [1.82, 2.24) is 10.2 Å². The van der Waals surface area contributed by atoms with Crippen molar-refractivity contribution in [2.75, 3.05) is 33.4 Å². The third-order valence-electron chi connectivity index (χ3n) is 4.19. The topological polar surface area (TPSA) is 88.1 Å². The summed E-state index contributed by atoms with van der Waals surface area (Å²) in [6.07, 6.45) is -0.449. The number of halogens is 1. The smallest absolute Gasteiger partial charge is 0.407 e. The number of ether oxygens (including phenoxy) is 2. The third-order valence-corrected chi connectivity index (χ3v) is 4.19. The Balaban J connectivity index is 2.06. The Hall–Kier alpha value is -2.35. The maximum absolute atomic E-state index is 13.6. The van der Waals surface area contributed by atoms with Gasteiger partial charge < -0.3 is 24.8 Å². The van der Waals surface area contributed by atoms with Crippen molar-refractivity contribution in [1.29, 1.82) is 0 Å². The molecule has 1 heterocycles. The summed E-state index contributed by atoms with van der Waals surface area (Å²) >= 11 is 0. The van der Waals surface area contributed by atoms with Gasteiger partial charge in [-0.15, -0.1) is 0 Å². The second-order valence-electron chi connectivity index (χ2n) is 5.90. The number of nitrogens with zero attached hydrogens (tertiary/aromatic N) is 1. The number of rotatable bonds is 6. The molecule has 7 nitrogen and oxygen atoms in total. The highest BCUT2D eigenvalue weighted by atomic mass is 19.1. The van der Waals surface area contributed by atoms with E-state index in [9.17, 15) is 19.1 Å². The fraction of sp³-hybridized carbons (Fsp3) is 0.529. The summed E-state index contributed by atoms with van der Waals surface area (Å²) in [6.45, 7) is 1.28. The van der Waals surface area contributed by atoms with Crippen LogP contribution in [0.15, 0.2) is 24.3 Å². The van der Waals surface area contributed by atoms with E-state index >= 15 is 0 Å². The standard InChI is InChI=1S/C17H23FN2O5/c1-24-16(21)19-7-9-25-15(12-4-2-6-14(18)10-12)13-5-3-8-20(11-13)17(22)23/h2,4,6,10,13,15H,3,5,7-9,11H2,1H3,(H,19,21)(H,22,23). The van der Waals surface area contributed by atoms with E-state index in [1.165, 1.54) is 24.1 Å². The minimum atomic E-state index is -0.963. The SMILES string of the molecule is COC(=O)NCCOC(c1cccc(F)c1)C1CCCN(C(=O)O)C1. The number of hydrogen-bond acceptors (Lipinski definition) is 4. The lowest BCUT2D eigenvalue weighted by atomic mass is 9.88. The van der Waals surface area contributed by atoms with Crippen LogP contribution in [0.2, 0.25) is 0 Å². The molecule has 1 fully saturated rings. The quantitative estimate of drug-likeness (QED) is 0.767. The van der Waals surface area contributed by atoms with Crippen molar-refractivity contribution < 1.29 is 28.6 Å². The number of hydrogen-bond donors (Lipinski definition) is 2. The van der Waals surface area contributed by atoms with Crippen molar-refractivity contribution in [3.63, 3.8) is 0 Å². The van der Waals surface area contributed by atoms with Crippen molar-refractivity contribution >= 4 is 12.2 Å². The van der Waals surface area contributed by atoms with Gasteiger partial charge in [0.25, 0.3) is 0 Å². The van der Waals surface area contributed by atoms with E-state index in [1.807, 2.05) is 0 Å². The molecule has 2 atom stereocenters. The lowest BCUT2D eigenvalue weighted by Gasteiger charge is -2.35. The molecular weight excluding hydrogens is 331 g/mol. The molecule has 2 rings (SSSR count). The molecule has 1 saturated heterocycles. The average molecular weight is 354 g/mol. The minimum Gasteiger partial charge on any atom is -0.465 e. The number of benzene rings is 1. The number of carbonyl (C=O) groups excluding carboxylic acids is 1. The van der Waals surface area contributed by atoms with Crippen molar-refractivity contribution in [3.05, 3.63) is 35.6 Å². The van der Waals surface area contributed by atoms with Gasteiger partial charge in [0, 0.05) is 25.6 Å². The van der Waals surface area contributed by atoms with Gasteiger partial charge in [-0.25, -0.2) is 14.0 Å². The van der Waals surface area contributed by atoms with E-state index < -0.39 is 18.3 Å². The number of likely N-dealkylation sites (tertiary alicyclic amines) is 1. The van der Waals surface area contributed by atoms with E-state index in [0.717, 1.165) is 12.8 Å². The molecule has 1 aliphatic heterocycles. The van der Waals surface area contributed by atoms with Gasteiger partial charge in [-0.3, -0.25) is 0 Å². The monoisotopic (exact) mass is 354 g/mol. The predicted octanol–water partition coefficient (Wildman–Crippen LogP) is 2.63. The summed E-state index contributed by atoms with van der Waals surface area (Å²) in [6, 6.07) is 6.12. The van der Waals surface area contributed by atoms with Gasteiger partial charge in [0.1, 0.15) is 5.82 Å². The van der Waals surface area contributed by atoms with E-state index in [2.05, 4.69) is 10.1 Å². The van der Waals surface area contributed by atoms with Crippen LogP contribution in [0.1, 0.15) is 24.5 Å². The molecule has 1 aliphatic rings. The fourth-order valence-electron chi connectivity index (χ4n) is 3.03. The number of amides is 2. The van der Waals surface area contributed by atoms with Gasteiger partial charge in [-0.05, 0) is 30.5 Å². The zero-order chi connectivity index (χ0) is 18.2. The van der Waals surface area contributed by atoms with E-state index in [4.69, 9.17) is 4.74 Å². The van der Waals surface area contributed by atoms with Crippen molar-refractivity contribution in [2.45, 2.75) is 18.9 Å². The summed E-state index contributed by atoms with van der Waals surface area (Å²) in [5, 5.41) is 11.7. The predicted molar refractivity (Wildman–Crippen MR) is 87.8 cm³/mol. The Kier molecular flexibility index (Phi) is 7.00. The molecule has 2 unspecified atom stereocenters. The fourth-order valence-corrected chi connectivity index (χ4v) is 3.03. The lowest BCUT2D eigenvalue weighted by Crippen LogP contribution is -2.41. The van der Waals surface area contributed by atoms with Gasteiger partial charge in [0.2, 0.25) is 0 Å². The molecule has 0 radical (unpaired) electrons. The lowest BCUT2D eigenvalue weighted by molar-refractivity contribution is -0.0118. The van der Waals surface area contributed by atoms with Crippen molar-refractivity contribution in [2.24, 2.45) is 5.92 Å². The first-order valence-corrected chi connectivity index (χ1v) is 8.18. The van der Waals surface area contributed by atoms with Crippen LogP contribution in [-0.4, -0.2) is 55.5 Å². The molecule has 25 heavy (non-hydrogen) atoms. The summed E-state index contributed by atoms with van der Waals surface area (Å²) in [7, 11) is 1.27. The largest absolute Gasteiger partial charge is 0.465 e. The molecule has 2 N–H and O–H groups in total. The van der Waals surface area contributed by atoms with E-state index in [-0.39, 0.29) is 24.9 Å². The Morgan fingerprint density at radius 1 is 1.48 bits per heavy atom. The van der Waals surface area contributed by atoms with Crippen LogP contribution in [0, 0.1) is 11.7 Å². The minimum absolute atomic E-state index is 0.0789. The highest BCUT2D eigenvalue weighted by Gasteiger charge is 2.31. The number of methoxy groups -OCH3 is 1. The van der Waals surface area contributed by atoms with Gasteiger partial charge >= 0.3 is 12.2 Å². The van der Waals surface area contributed by atoms with Crippen LogP contribution >= 0.6 is 0 Å². The van der Waals surface area contributed by atoms with Crippen LogP contribution in [0.5, 0.6) is 0 Å². The third kappa shape index (κ3) is 5.60. The number of nitrogens with one attached hydrogen (secondary N) is 1. The number of piperidine rings is 1. The molecule has 138 valence electrons. The van der Waals surface area contributed by atoms with Gasteiger partial charge in [-0.2, -0.15) is 0 Å². The first kappa shape index (κ1) is 19.0. The van der Waals surface area contributed by atoms with Crippen molar-refractivity contribution in [3.8, 4) is 0 Å². The maximum Gasteiger partial charge on any atom is 0.407 e. The molecule has 0 saturated carbocycles. The normalized spacial score (nSPS) is 18.5. The zero-order valence-electron chi connectivity index (χ0n) is 14.1. The average Bonchev–Trinajstić information content (AvgIpc) is 2.61. The molecular formula is C17H23FN2O5. The number of carbonyl (C=O) groups is 2. The molecule has 0 aliphatic carbocycles. The molecule has 0 bridgehead atoms. The molecule has 1 aromatic rings. The zero-order valence-corrected chi connectivity index (χ0v) is 14.1. The Morgan fingerprint density at radius 2 is 2.28 bits per heavy atom. The summed E-state index contributed by atoms with van der Waals surface area (Å²) < 4.78 is 24.0. The summed E-state index contributed by atoms with van der Waals surface area (Å²) in [5.41, 5.74) is 0.662. The van der Waals surface area contributed by atoms with Crippen LogP contribution in [0.4, 0.5) is 14.0 Å².